The second-order valence-corrected chi connectivity index (χ2v) is 10.3. The lowest BCUT2D eigenvalue weighted by atomic mass is 9.87. The minimum Gasteiger partial charge on any atom is -0.434 e. The van der Waals surface area contributed by atoms with Crippen molar-refractivity contribution >= 4 is 15.9 Å². The Kier molecular flexibility index (Phi) is 6.66. The number of alkyl halides is 3. The zero-order valence-corrected chi connectivity index (χ0v) is 16.8. The molecule has 1 spiro atoms. The number of likely N-dealkylation sites (tertiary alicyclic amines) is 1. The molecule has 0 radical (unpaired) electrons. The Morgan fingerprint density at radius 2 is 1.97 bits per heavy atom. The summed E-state index contributed by atoms with van der Waals surface area (Å²) in [4.78, 5) is 13.1. The van der Waals surface area contributed by atoms with Gasteiger partial charge in [-0.15, -0.1) is 0 Å². The molecule has 168 valence electrons. The maximum Gasteiger partial charge on any atom is 0.427 e. The number of hydrogen-bond donors (Lipinski definition) is 2. The molecule has 2 N–H and O–H groups in total. The number of piperidine rings is 1. The number of aliphatic hydroxyl groups excluding tert-OH is 1. The van der Waals surface area contributed by atoms with Crippen molar-refractivity contribution in [1.29, 1.82) is 0 Å². The predicted octanol–water partition coefficient (Wildman–Crippen LogP) is 1.04. The van der Waals surface area contributed by atoms with Crippen LogP contribution in [0.1, 0.15) is 32.1 Å². The van der Waals surface area contributed by atoms with Gasteiger partial charge in [0.25, 0.3) is 0 Å². The zero-order valence-electron chi connectivity index (χ0n) is 16.0. The van der Waals surface area contributed by atoms with Gasteiger partial charge < -0.3 is 19.5 Å². The normalized spacial score (nSPS) is 25.9. The molecule has 12 heteroatoms. The molecule has 2 aliphatic heterocycles. The van der Waals surface area contributed by atoms with Crippen LogP contribution in [0.4, 0.5) is 18.0 Å². The van der Waals surface area contributed by atoms with Crippen LogP contribution in [-0.2, 0) is 19.3 Å². The number of sulfone groups is 1. The lowest BCUT2D eigenvalue weighted by Gasteiger charge is -2.38. The molecule has 0 aromatic rings. The highest BCUT2D eigenvalue weighted by Gasteiger charge is 2.46. The summed E-state index contributed by atoms with van der Waals surface area (Å²) in [5.74, 6) is 0.411. The molecule has 1 amide bonds. The minimum atomic E-state index is -4.82. The van der Waals surface area contributed by atoms with Crippen LogP contribution in [0, 0.1) is 5.92 Å². The van der Waals surface area contributed by atoms with Gasteiger partial charge in [-0.3, -0.25) is 5.32 Å². The van der Waals surface area contributed by atoms with E-state index in [-0.39, 0.29) is 30.8 Å². The topological polar surface area (TPSA) is 105 Å². The molecule has 3 fully saturated rings. The first-order chi connectivity index (χ1) is 13.5. The number of aliphatic hydroxyl groups is 1. The van der Waals surface area contributed by atoms with E-state index in [0.717, 1.165) is 12.8 Å². The van der Waals surface area contributed by atoms with E-state index < -0.39 is 40.4 Å². The van der Waals surface area contributed by atoms with Crippen LogP contribution < -0.4 is 5.32 Å². The summed E-state index contributed by atoms with van der Waals surface area (Å²) in [5, 5.41) is 11.8. The smallest absolute Gasteiger partial charge is 0.427 e. The maximum absolute atomic E-state index is 12.6. The highest BCUT2D eigenvalue weighted by atomic mass is 32.2. The molecule has 0 aromatic carbocycles. The molecule has 3 aliphatic rings. The maximum atomic E-state index is 12.6. The summed E-state index contributed by atoms with van der Waals surface area (Å²) in [5.41, 5.74) is -0.519. The van der Waals surface area contributed by atoms with Crippen LogP contribution in [0.5, 0.6) is 0 Å². The summed E-state index contributed by atoms with van der Waals surface area (Å²) in [6.45, 7) is -0.639. The van der Waals surface area contributed by atoms with Crippen LogP contribution in [0.25, 0.3) is 0 Å². The molecule has 2 heterocycles. The van der Waals surface area contributed by atoms with Crippen molar-refractivity contribution in [2.45, 2.75) is 56.0 Å². The van der Waals surface area contributed by atoms with E-state index in [0.29, 0.717) is 31.8 Å². The van der Waals surface area contributed by atoms with Gasteiger partial charge in [0.2, 0.25) is 6.10 Å². The second kappa shape index (κ2) is 8.56. The molecule has 2 unspecified atom stereocenters. The highest BCUT2D eigenvalue weighted by molar-refractivity contribution is 7.91. The molecular weight excluding hydrogens is 417 g/mol. The van der Waals surface area contributed by atoms with Gasteiger partial charge in [-0.25, -0.2) is 13.2 Å². The number of rotatable bonds is 7. The number of carbonyl (C=O) groups excluding carboxylic acids is 1. The second-order valence-electron chi connectivity index (χ2n) is 8.18. The van der Waals surface area contributed by atoms with E-state index in [4.69, 9.17) is 9.84 Å². The van der Waals surface area contributed by atoms with Crippen molar-refractivity contribution in [3.8, 4) is 0 Å². The number of hydrogen-bond acceptors (Lipinski definition) is 7. The van der Waals surface area contributed by atoms with Crippen molar-refractivity contribution < 1.29 is 41.0 Å². The van der Waals surface area contributed by atoms with Gasteiger partial charge in [-0.1, -0.05) is 0 Å². The first-order valence-electron chi connectivity index (χ1n) is 9.73. The Morgan fingerprint density at radius 1 is 1.31 bits per heavy atom. The van der Waals surface area contributed by atoms with Gasteiger partial charge in [-0.2, -0.15) is 13.2 Å². The number of nitrogens with one attached hydrogen (secondary N) is 1. The quantitative estimate of drug-likeness (QED) is 0.605. The fourth-order valence-corrected chi connectivity index (χ4v) is 5.43. The van der Waals surface area contributed by atoms with Crippen LogP contribution in [0.2, 0.25) is 0 Å². The Bertz CT molecular complexity index is 690. The Hall–Kier alpha value is -1.11. The van der Waals surface area contributed by atoms with E-state index in [1.165, 1.54) is 4.90 Å². The molecule has 29 heavy (non-hydrogen) atoms. The lowest BCUT2D eigenvalue weighted by Crippen LogP contribution is -2.49. The van der Waals surface area contributed by atoms with Crippen molar-refractivity contribution in [1.82, 2.24) is 10.2 Å². The summed E-state index contributed by atoms with van der Waals surface area (Å²) in [7, 11) is -3.14. The van der Waals surface area contributed by atoms with Gasteiger partial charge in [0, 0.05) is 19.1 Å². The summed E-state index contributed by atoms with van der Waals surface area (Å²) >= 11 is 0. The zero-order chi connectivity index (χ0) is 21.3. The van der Waals surface area contributed by atoms with Crippen molar-refractivity contribution in [3.63, 3.8) is 0 Å². The highest BCUT2D eigenvalue weighted by Crippen LogP contribution is 2.36. The summed E-state index contributed by atoms with van der Waals surface area (Å²) in [6, 6.07) is -0.119. The molecular formula is C17H27F3N2O6S. The van der Waals surface area contributed by atoms with E-state index in [1.807, 2.05) is 0 Å². The number of ether oxygens (including phenoxy) is 2. The van der Waals surface area contributed by atoms with Crippen LogP contribution in [-0.4, -0.2) is 86.4 Å². The van der Waals surface area contributed by atoms with Gasteiger partial charge in [-0.05, 0) is 38.0 Å². The Morgan fingerprint density at radius 3 is 2.52 bits per heavy atom. The molecule has 1 aliphatic carbocycles. The van der Waals surface area contributed by atoms with Crippen molar-refractivity contribution in [2.24, 2.45) is 5.92 Å². The molecule has 2 saturated heterocycles. The first-order valence-corrected chi connectivity index (χ1v) is 11.5. The summed E-state index contributed by atoms with van der Waals surface area (Å²) < 4.78 is 72.3. The molecule has 2 atom stereocenters. The average Bonchev–Trinajstić information content (AvgIpc) is 3.36. The third kappa shape index (κ3) is 6.19. The third-order valence-corrected chi connectivity index (χ3v) is 7.28. The van der Waals surface area contributed by atoms with E-state index >= 15 is 0 Å². The van der Waals surface area contributed by atoms with Gasteiger partial charge in [0.15, 0.2) is 9.84 Å². The van der Waals surface area contributed by atoms with Crippen molar-refractivity contribution in [3.05, 3.63) is 0 Å². The molecule has 0 aromatic heterocycles. The fourth-order valence-electron chi connectivity index (χ4n) is 3.77. The SMILES string of the molecule is O=C(OC(CO)C(F)(F)F)N1CCC2(CC1)CC(NCS(=O)(=O)CC1CC1)CO2. The predicted molar refractivity (Wildman–Crippen MR) is 95.8 cm³/mol. The monoisotopic (exact) mass is 444 g/mol. The Labute approximate surface area is 167 Å². The third-order valence-electron chi connectivity index (χ3n) is 5.69. The van der Waals surface area contributed by atoms with Crippen LogP contribution >= 0.6 is 0 Å². The lowest BCUT2D eigenvalue weighted by molar-refractivity contribution is -0.215. The number of nitrogens with zero attached hydrogens (tertiary/aromatic N) is 1. The van der Waals surface area contributed by atoms with E-state index in [2.05, 4.69) is 10.1 Å². The molecule has 0 bridgehead atoms. The minimum absolute atomic E-state index is 0.0912. The summed E-state index contributed by atoms with van der Waals surface area (Å²) in [6.07, 6.45) is -5.12. The van der Waals surface area contributed by atoms with Gasteiger partial charge in [0.1, 0.15) is 0 Å². The first kappa shape index (κ1) is 22.6. The molecule has 3 rings (SSSR count). The van der Waals surface area contributed by atoms with Gasteiger partial charge in [0.05, 0.1) is 30.4 Å². The molecule has 1 saturated carbocycles. The van der Waals surface area contributed by atoms with Gasteiger partial charge >= 0.3 is 12.3 Å². The van der Waals surface area contributed by atoms with E-state index in [9.17, 15) is 26.4 Å². The fraction of sp³-hybridized carbons (Fsp3) is 0.941. The number of carbonyl (C=O) groups is 1. The number of amides is 1. The van der Waals surface area contributed by atoms with Crippen molar-refractivity contribution in [2.75, 3.05) is 37.9 Å². The Balaban J connectivity index is 1.43. The van der Waals surface area contributed by atoms with Crippen LogP contribution in [0.3, 0.4) is 0 Å². The standard InChI is InChI=1S/C17H27F3N2O6S/c18-17(19,20)14(8-23)28-15(24)22-5-3-16(4-6-22)7-13(9-27-16)21-11-29(25,26)10-12-1-2-12/h12-14,21,23H,1-11H2. The van der Waals surface area contributed by atoms with Crippen LogP contribution in [0.15, 0.2) is 0 Å². The average molecular weight is 444 g/mol. The number of halogens is 3. The largest absolute Gasteiger partial charge is 0.434 e. The molecule has 8 nitrogen and oxygen atoms in total. The van der Waals surface area contributed by atoms with E-state index in [1.54, 1.807) is 0 Å².